The fraction of sp³-hybridized carbons (Fsp3) is 0.222. The number of carbonyl (C=O) groups excluding carboxylic acids is 1. The van der Waals surface area contributed by atoms with E-state index in [2.05, 4.69) is 25.6 Å². The second-order valence-electron chi connectivity index (χ2n) is 11.7. The van der Waals surface area contributed by atoms with Crippen molar-refractivity contribution >= 4 is 64.3 Å². The number of hydrogen-bond donors (Lipinski definition) is 2. The third kappa shape index (κ3) is 5.89. The maximum Gasteiger partial charge on any atom is 0.267 e. The molecule has 2 heterocycles. The third-order valence-corrected chi connectivity index (χ3v) is 10.1. The van der Waals surface area contributed by atoms with Crippen LogP contribution in [0.2, 0.25) is 0 Å². The summed E-state index contributed by atoms with van der Waals surface area (Å²) in [6, 6.07) is 22.0. The van der Waals surface area contributed by atoms with Gasteiger partial charge in [-0.25, -0.2) is 8.42 Å². The Labute approximate surface area is 280 Å². The minimum absolute atomic E-state index is 0.306. The summed E-state index contributed by atoms with van der Waals surface area (Å²) in [4.78, 5) is 30.6. The number of benzene rings is 4. The van der Waals surface area contributed by atoms with Crippen LogP contribution in [0.15, 0.2) is 94.5 Å². The number of amides is 1. The Morgan fingerprint density at radius 2 is 1.62 bits per heavy atom. The number of halogens is 1. The highest BCUT2D eigenvalue weighted by atomic mass is 79.9. The fourth-order valence-electron chi connectivity index (χ4n) is 5.98. The number of carbonyl (C=O) groups is 1. The summed E-state index contributed by atoms with van der Waals surface area (Å²) in [5.74, 6) is -0.0638. The summed E-state index contributed by atoms with van der Waals surface area (Å²) in [6.07, 6.45) is 3.50. The summed E-state index contributed by atoms with van der Waals surface area (Å²) in [5, 5.41) is 3.55. The lowest BCUT2D eigenvalue weighted by molar-refractivity contribution is -0.123. The maximum absolute atomic E-state index is 14.0. The smallest absolute Gasteiger partial charge is 0.267 e. The number of ether oxygens (including phenoxy) is 2. The van der Waals surface area contributed by atoms with Crippen LogP contribution in [0.4, 0.5) is 0 Å². The number of H-pyrrole nitrogens is 1. The number of nitrogens with zero attached hydrogens (tertiary/aromatic N) is 1. The average Bonchev–Trinajstić information content (AvgIpc) is 3.38. The van der Waals surface area contributed by atoms with E-state index in [1.54, 1.807) is 44.4 Å². The largest absolute Gasteiger partial charge is 0.492 e. The van der Waals surface area contributed by atoms with Crippen LogP contribution in [-0.2, 0) is 26.0 Å². The van der Waals surface area contributed by atoms with Gasteiger partial charge in [0.25, 0.3) is 5.56 Å². The first-order valence-electron chi connectivity index (χ1n) is 15.2. The Kier molecular flexibility index (Phi) is 8.62. The van der Waals surface area contributed by atoms with Gasteiger partial charge in [-0.3, -0.25) is 18.9 Å². The normalized spacial score (nSPS) is 12.1. The molecule has 2 aromatic heterocycles. The van der Waals surface area contributed by atoms with Crippen molar-refractivity contribution in [2.45, 2.75) is 38.9 Å². The van der Waals surface area contributed by atoms with Crippen molar-refractivity contribution in [3.8, 4) is 17.2 Å². The zero-order chi connectivity index (χ0) is 33.5. The van der Waals surface area contributed by atoms with Crippen LogP contribution in [0.5, 0.6) is 11.5 Å². The van der Waals surface area contributed by atoms with E-state index >= 15 is 0 Å². The number of pyridine rings is 1. The summed E-state index contributed by atoms with van der Waals surface area (Å²) in [7, 11) is -4.07. The van der Waals surface area contributed by atoms with Gasteiger partial charge in [0.15, 0.2) is 5.75 Å². The number of sulfonamides is 1. The van der Waals surface area contributed by atoms with Gasteiger partial charge in [-0.05, 0) is 89.8 Å². The van der Waals surface area contributed by atoms with E-state index in [4.69, 9.17) is 9.47 Å². The van der Waals surface area contributed by atoms with E-state index in [1.807, 2.05) is 68.4 Å². The molecule has 0 saturated heterocycles. The summed E-state index contributed by atoms with van der Waals surface area (Å²) in [5.41, 5.74) is 0.952. The molecule has 0 saturated carbocycles. The van der Waals surface area contributed by atoms with Crippen LogP contribution >= 0.6 is 15.9 Å². The highest BCUT2D eigenvalue weighted by molar-refractivity contribution is 9.10. The van der Waals surface area contributed by atoms with Crippen LogP contribution in [0, 0.1) is 0 Å². The molecule has 1 amide bonds. The van der Waals surface area contributed by atoms with Crippen LogP contribution in [0.3, 0.4) is 0 Å². The minimum Gasteiger partial charge on any atom is -0.492 e. The lowest BCUT2D eigenvalue weighted by Gasteiger charge is -2.25. The molecule has 11 heteroatoms. The van der Waals surface area contributed by atoms with Crippen molar-refractivity contribution in [1.29, 1.82) is 0 Å². The quantitative estimate of drug-likeness (QED) is 0.156. The van der Waals surface area contributed by atoms with E-state index < -0.39 is 27.1 Å². The van der Waals surface area contributed by atoms with Gasteiger partial charge in [-0.1, -0.05) is 48.5 Å². The zero-order valence-corrected chi connectivity index (χ0v) is 28.8. The fourth-order valence-corrected chi connectivity index (χ4v) is 7.83. The van der Waals surface area contributed by atoms with E-state index in [9.17, 15) is 18.0 Å². The Morgan fingerprint density at radius 3 is 2.36 bits per heavy atom. The maximum atomic E-state index is 14.0. The number of nitrogens with one attached hydrogen (secondary N) is 2. The lowest BCUT2D eigenvalue weighted by Crippen LogP contribution is -2.43. The SMILES string of the molecule is CCOc1c2cn(-c3ccc(CS(=O)(=O)NC(=O)C(C)(C)c4cccc5ccccc45)cc3Br)c(=O)c2c(OCC)c2ccc[nH]c12. The molecule has 2 N–H and O–H groups in total. The predicted octanol–water partition coefficient (Wildman–Crippen LogP) is 7.11. The Hall–Kier alpha value is -4.61. The van der Waals surface area contributed by atoms with Crippen molar-refractivity contribution < 1.29 is 22.7 Å². The standard InChI is InChI=1S/C36H34BrN3O6S/c1-5-45-32-25-14-10-18-38-31(25)33(46-6-2)26-20-40(34(41)30(26)32)29-17-16-22(19-28(29)37)21-47(43,44)39-35(42)36(3,4)27-15-9-12-23-11-7-8-13-24(23)27/h7-20,38H,5-6,21H2,1-4H3,(H,39,42). The van der Waals surface area contributed by atoms with Gasteiger partial charge in [-0.15, -0.1) is 0 Å². The second-order valence-corrected chi connectivity index (χ2v) is 14.3. The number of fused-ring (bicyclic) bond motifs is 3. The van der Waals surface area contributed by atoms with Crippen molar-refractivity contribution in [2.24, 2.45) is 0 Å². The van der Waals surface area contributed by atoms with E-state index in [0.29, 0.717) is 56.7 Å². The molecular formula is C36H34BrN3O6S. The zero-order valence-electron chi connectivity index (χ0n) is 26.4. The van der Waals surface area contributed by atoms with Crippen LogP contribution in [0.1, 0.15) is 38.8 Å². The molecule has 0 fully saturated rings. The van der Waals surface area contributed by atoms with Crippen molar-refractivity contribution in [3.05, 3.63) is 111 Å². The van der Waals surface area contributed by atoms with Gasteiger partial charge in [0, 0.05) is 22.3 Å². The van der Waals surface area contributed by atoms with Gasteiger partial charge in [0.2, 0.25) is 15.9 Å². The summed E-state index contributed by atoms with van der Waals surface area (Å²) < 4.78 is 42.8. The van der Waals surface area contributed by atoms with Gasteiger partial charge in [-0.2, -0.15) is 0 Å². The van der Waals surface area contributed by atoms with Crippen LogP contribution in [0.25, 0.3) is 38.1 Å². The molecule has 0 bridgehead atoms. The molecule has 0 aliphatic carbocycles. The molecule has 6 rings (SSSR count). The molecular weight excluding hydrogens is 682 g/mol. The van der Waals surface area contributed by atoms with E-state index in [1.165, 1.54) is 4.57 Å². The molecule has 0 atom stereocenters. The summed E-state index contributed by atoms with van der Waals surface area (Å²) >= 11 is 3.55. The number of hydrogen-bond acceptors (Lipinski definition) is 6. The highest BCUT2D eigenvalue weighted by Gasteiger charge is 2.34. The van der Waals surface area contributed by atoms with Crippen molar-refractivity contribution in [2.75, 3.05) is 13.2 Å². The highest BCUT2D eigenvalue weighted by Crippen LogP contribution is 2.41. The monoisotopic (exact) mass is 715 g/mol. The number of rotatable bonds is 10. The van der Waals surface area contributed by atoms with E-state index in [0.717, 1.165) is 21.7 Å². The average molecular weight is 717 g/mol. The third-order valence-electron chi connectivity index (χ3n) is 8.24. The Balaban J connectivity index is 1.32. The van der Waals surface area contributed by atoms with Crippen LogP contribution in [-0.4, -0.2) is 37.1 Å². The topological polar surface area (TPSA) is 119 Å². The molecule has 0 spiro atoms. The number of aromatic nitrogens is 2. The molecule has 242 valence electrons. The van der Waals surface area contributed by atoms with Gasteiger partial charge < -0.3 is 14.5 Å². The lowest BCUT2D eigenvalue weighted by atomic mass is 9.81. The Morgan fingerprint density at radius 1 is 0.915 bits per heavy atom. The van der Waals surface area contributed by atoms with Crippen molar-refractivity contribution in [3.63, 3.8) is 0 Å². The number of aromatic amines is 1. The van der Waals surface area contributed by atoms with E-state index in [-0.39, 0.29) is 5.56 Å². The van der Waals surface area contributed by atoms with Crippen molar-refractivity contribution in [1.82, 2.24) is 14.3 Å². The molecule has 0 unspecified atom stereocenters. The first-order chi connectivity index (χ1) is 22.5. The first kappa shape index (κ1) is 32.3. The molecule has 0 aliphatic heterocycles. The van der Waals surface area contributed by atoms with Gasteiger partial charge in [0.05, 0.1) is 46.4 Å². The Bertz CT molecular complexity index is 2340. The second kappa shape index (κ2) is 12.5. The molecule has 4 aromatic carbocycles. The molecule has 0 aliphatic rings. The predicted molar refractivity (Wildman–Crippen MR) is 189 cm³/mol. The molecule has 6 aromatic rings. The molecule has 47 heavy (non-hydrogen) atoms. The summed E-state index contributed by atoms with van der Waals surface area (Å²) in [6.45, 7) is 7.91. The van der Waals surface area contributed by atoms with Gasteiger partial charge in [0.1, 0.15) is 5.75 Å². The van der Waals surface area contributed by atoms with Crippen LogP contribution < -0.4 is 19.8 Å². The van der Waals surface area contributed by atoms with Gasteiger partial charge >= 0.3 is 0 Å². The molecule has 0 radical (unpaired) electrons. The minimum atomic E-state index is -4.07. The molecule has 9 nitrogen and oxygen atoms in total. The first-order valence-corrected chi connectivity index (χ1v) is 17.7.